The summed E-state index contributed by atoms with van der Waals surface area (Å²) in [4.78, 5) is 11.1. The maximum Gasteiger partial charge on any atom is 0.157 e. The Morgan fingerprint density at radius 2 is 1.66 bits per heavy atom. The van der Waals surface area contributed by atoms with Crippen molar-refractivity contribution in [2.45, 2.75) is 0 Å². The average molecular weight is 392 g/mol. The van der Waals surface area contributed by atoms with Gasteiger partial charge >= 0.3 is 0 Å². The highest BCUT2D eigenvalue weighted by Gasteiger charge is 2.16. The SMILES string of the molecule is C(#Cc1ccc(-c2nc3cnccn3c2Nc2ccccc2)s1)c1ccccc1. The van der Waals surface area contributed by atoms with Crippen LogP contribution in [0, 0.1) is 11.8 Å². The van der Waals surface area contributed by atoms with E-state index in [2.05, 4.69) is 28.2 Å². The van der Waals surface area contributed by atoms with Gasteiger partial charge in [0.1, 0.15) is 11.5 Å². The number of thiophene rings is 1. The number of anilines is 2. The lowest BCUT2D eigenvalue weighted by Gasteiger charge is -2.07. The molecule has 3 aromatic heterocycles. The zero-order valence-electron chi connectivity index (χ0n) is 15.4. The fourth-order valence-electron chi connectivity index (χ4n) is 3.04. The first-order valence-corrected chi connectivity index (χ1v) is 10.00. The minimum atomic E-state index is 0.797. The third kappa shape index (κ3) is 3.62. The Morgan fingerprint density at radius 3 is 2.48 bits per heavy atom. The predicted octanol–water partition coefficient (Wildman–Crippen LogP) is 5.60. The molecule has 5 heteroatoms. The van der Waals surface area contributed by atoms with E-state index in [1.54, 1.807) is 23.7 Å². The van der Waals surface area contributed by atoms with E-state index in [1.807, 2.05) is 77.3 Å². The second-order valence-electron chi connectivity index (χ2n) is 6.38. The minimum absolute atomic E-state index is 0.797. The van der Waals surface area contributed by atoms with Crippen LogP contribution < -0.4 is 5.32 Å². The molecule has 1 N–H and O–H groups in total. The van der Waals surface area contributed by atoms with Crippen molar-refractivity contribution in [3.05, 3.63) is 102 Å². The van der Waals surface area contributed by atoms with E-state index < -0.39 is 0 Å². The van der Waals surface area contributed by atoms with Crippen molar-refractivity contribution >= 4 is 28.5 Å². The zero-order chi connectivity index (χ0) is 19.5. The molecule has 29 heavy (non-hydrogen) atoms. The van der Waals surface area contributed by atoms with Crippen molar-refractivity contribution in [2.75, 3.05) is 5.32 Å². The number of nitrogens with zero attached hydrogens (tertiary/aromatic N) is 3. The van der Waals surface area contributed by atoms with Crippen LogP contribution in [0.5, 0.6) is 0 Å². The van der Waals surface area contributed by atoms with Crippen LogP contribution in [0.15, 0.2) is 91.4 Å². The number of imidazole rings is 1. The monoisotopic (exact) mass is 392 g/mol. The van der Waals surface area contributed by atoms with Crippen molar-refractivity contribution < 1.29 is 0 Å². The quantitative estimate of drug-likeness (QED) is 0.406. The molecule has 5 rings (SSSR count). The second-order valence-corrected chi connectivity index (χ2v) is 7.47. The van der Waals surface area contributed by atoms with E-state index in [0.717, 1.165) is 38.2 Å². The topological polar surface area (TPSA) is 42.2 Å². The van der Waals surface area contributed by atoms with Crippen LogP contribution in [0.2, 0.25) is 0 Å². The van der Waals surface area contributed by atoms with E-state index in [0.29, 0.717) is 0 Å². The molecule has 0 aliphatic rings. The van der Waals surface area contributed by atoms with Crippen LogP contribution >= 0.6 is 11.3 Å². The van der Waals surface area contributed by atoms with Gasteiger partial charge in [0.15, 0.2) is 5.65 Å². The van der Waals surface area contributed by atoms with Gasteiger partial charge in [-0.3, -0.25) is 9.38 Å². The molecule has 0 saturated carbocycles. The van der Waals surface area contributed by atoms with E-state index in [1.165, 1.54) is 0 Å². The predicted molar refractivity (Wildman–Crippen MR) is 118 cm³/mol. The number of aromatic nitrogens is 3. The second kappa shape index (κ2) is 7.63. The van der Waals surface area contributed by atoms with Gasteiger partial charge in [-0.15, -0.1) is 11.3 Å². The normalized spacial score (nSPS) is 10.5. The van der Waals surface area contributed by atoms with Crippen LogP contribution in [0.1, 0.15) is 10.4 Å². The zero-order valence-corrected chi connectivity index (χ0v) is 16.2. The Balaban J connectivity index is 1.55. The Bertz CT molecular complexity index is 1330. The van der Waals surface area contributed by atoms with Gasteiger partial charge in [0.2, 0.25) is 0 Å². The summed E-state index contributed by atoms with van der Waals surface area (Å²) < 4.78 is 2.02. The van der Waals surface area contributed by atoms with Gasteiger partial charge in [-0.1, -0.05) is 48.2 Å². The van der Waals surface area contributed by atoms with E-state index in [9.17, 15) is 0 Å². The van der Waals surface area contributed by atoms with Crippen molar-refractivity contribution in [3.63, 3.8) is 0 Å². The van der Waals surface area contributed by atoms with Gasteiger partial charge in [-0.2, -0.15) is 0 Å². The van der Waals surface area contributed by atoms with Gasteiger partial charge in [0.05, 0.1) is 16.0 Å². The lowest BCUT2D eigenvalue weighted by molar-refractivity contribution is 1.13. The molecule has 0 bridgehead atoms. The highest BCUT2D eigenvalue weighted by Crippen LogP contribution is 2.35. The number of hydrogen-bond donors (Lipinski definition) is 1. The van der Waals surface area contributed by atoms with E-state index >= 15 is 0 Å². The molecule has 2 aromatic carbocycles. The summed E-state index contributed by atoms with van der Waals surface area (Å²) in [5.41, 5.74) is 3.70. The molecule has 0 aliphatic carbocycles. The van der Waals surface area contributed by atoms with Gasteiger partial charge in [-0.05, 0) is 36.4 Å². The average Bonchev–Trinajstić information content (AvgIpc) is 3.39. The molecular formula is C24H16N4S. The van der Waals surface area contributed by atoms with Crippen molar-refractivity contribution in [1.82, 2.24) is 14.4 Å². The Hall–Kier alpha value is -3.88. The summed E-state index contributed by atoms with van der Waals surface area (Å²) in [6.07, 6.45) is 5.45. The largest absolute Gasteiger partial charge is 0.339 e. The lowest BCUT2D eigenvalue weighted by Crippen LogP contribution is -1.96. The molecule has 5 aromatic rings. The first-order valence-electron chi connectivity index (χ1n) is 9.18. The summed E-state index contributed by atoms with van der Waals surface area (Å²) >= 11 is 1.64. The summed E-state index contributed by atoms with van der Waals surface area (Å²) in [6.45, 7) is 0. The Kier molecular flexibility index (Phi) is 4.53. The number of fused-ring (bicyclic) bond motifs is 1. The van der Waals surface area contributed by atoms with Crippen molar-refractivity contribution in [1.29, 1.82) is 0 Å². The van der Waals surface area contributed by atoms with Crippen LogP contribution in [0.3, 0.4) is 0 Å². The van der Waals surface area contributed by atoms with Gasteiger partial charge < -0.3 is 5.32 Å². The fourth-order valence-corrected chi connectivity index (χ4v) is 3.89. The van der Waals surface area contributed by atoms with Crippen LogP contribution in [0.25, 0.3) is 16.2 Å². The van der Waals surface area contributed by atoms with Gasteiger partial charge in [-0.25, -0.2) is 4.98 Å². The molecule has 0 atom stereocenters. The Morgan fingerprint density at radius 1 is 0.862 bits per heavy atom. The summed E-state index contributed by atoms with van der Waals surface area (Å²) in [6, 6.07) is 24.2. The highest BCUT2D eigenvalue weighted by molar-refractivity contribution is 7.16. The molecule has 0 radical (unpaired) electrons. The maximum absolute atomic E-state index is 4.81. The lowest BCUT2D eigenvalue weighted by atomic mass is 10.2. The molecule has 0 fully saturated rings. The summed E-state index contributed by atoms with van der Waals surface area (Å²) in [5, 5.41) is 3.50. The van der Waals surface area contributed by atoms with Crippen LogP contribution in [0.4, 0.5) is 11.5 Å². The molecule has 0 saturated heterocycles. The standard InChI is InChI=1S/C24H16N4S/c1-3-7-18(8-4-1)11-12-20-13-14-21(29-20)23-24(26-19-9-5-2-6-10-19)28-16-15-25-17-22(28)27-23/h1-10,13-17,26H. The first-order chi connectivity index (χ1) is 14.4. The molecule has 0 unspecified atom stereocenters. The summed E-state index contributed by atoms with van der Waals surface area (Å²) in [7, 11) is 0. The third-order valence-corrected chi connectivity index (χ3v) is 5.42. The van der Waals surface area contributed by atoms with Gasteiger partial charge in [0, 0.05) is 23.6 Å². The molecule has 3 heterocycles. The number of nitrogens with one attached hydrogen (secondary N) is 1. The van der Waals surface area contributed by atoms with Crippen LogP contribution in [-0.2, 0) is 0 Å². The molecule has 0 aliphatic heterocycles. The highest BCUT2D eigenvalue weighted by atomic mass is 32.1. The van der Waals surface area contributed by atoms with E-state index in [-0.39, 0.29) is 0 Å². The molecule has 0 amide bonds. The number of hydrogen-bond acceptors (Lipinski definition) is 4. The van der Waals surface area contributed by atoms with Gasteiger partial charge in [0.25, 0.3) is 0 Å². The molecule has 0 spiro atoms. The summed E-state index contributed by atoms with van der Waals surface area (Å²) in [5.74, 6) is 7.39. The van der Waals surface area contributed by atoms with Crippen molar-refractivity contribution in [3.8, 4) is 22.4 Å². The van der Waals surface area contributed by atoms with E-state index in [4.69, 9.17) is 4.98 Å². The maximum atomic E-state index is 4.81. The number of rotatable bonds is 3. The molecule has 138 valence electrons. The molecular weight excluding hydrogens is 376 g/mol. The van der Waals surface area contributed by atoms with Crippen LogP contribution in [-0.4, -0.2) is 14.4 Å². The Labute approximate surface area is 172 Å². The molecule has 4 nitrogen and oxygen atoms in total. The third-order valence-electron chi connectivity index (χ3n) is 4.41. The minimum Gasteiger partial charge on any atom is -0.339 e. The smallest absolute Gasteiger partial charge is 0.157 e. The van der Waals surface area contributed by atoms with Crippen molar-refractivity contribution in [2.24, 2.45) is 0 Å². The fraction of sp³-hybridized carbons (Fsp3) is 0. The number of para-hydroxylation sites is 1. The first kappa shape index (κ1) is 17.2. The number of benzene rings is 2.